The highest BCUT2D eigenvalue weighted by Gasteiger charge is 2.36. The molecule has 1 aromatic carbocycles. The molecule has 28 heavy (non-hydrogen) atoms. The summed E-state index contributed by atoms with van der Waals surface area (Å²) in [7, 11) is 0. The van der Waals surface area contributed by atoms with E-state index in [0.29, 0.717) is 12.2 Å². The van der Waals surface area contributed by atoms with Crippen LogP contribution in [0.5, 0.6) is 0 Å². The van der Waals surface area contributed by atoms with Gasteiger partial charge in [-0.05, 0) is 32.9 Å². The third kappa shape index (κ3) is 3.90. The van der Waals surface area contributed by atoms with E-state index in [2.05, 4.69) is 10.4 Å². The number of ether oxygens (including phenoxy) is 1. The second-order valence-electron chi connectivity index (χ2n) is 6.90. The minimum absolute atomic E-state index is 0.0373. The second kappa shape index (κ2) is 8.24. The number of likely N-dealkylation sites (tertiary alicyclic amines) is 1. The highest BCUT2D eigenvalue weighted by atomic mass is 16.5. The van der Waals surface area contributed by atoms with Crippen molar-refractivity contribution in [2.24, 2.45) is 5.92 Å². The highest BCUT2D eigenvalue weighted by Crippen LogP contribution is 2.25. The molecule has 1 fully saturated rings. The van der Waals surface area contributed by atoms with E-state index in [1.165, 1.54) is 10.9 Å². The van der Waals surface area contributed by atoms with Crippen molar-refractivity contribution < 1.29 is 19.1 Å². The van der Waals surface area contributed by atoms with E-state index >= 15 is 0 Å². The predicted molar refractivity (Wildman–Crippen MR) is 103 cm³/mol. The molecule has 1 aliphatic rings. The van der Waals surface area contributed by atoms with Crippen LogP contribution in [0.3, 0.4) is 0 Å². The largest absolute Gasteiger partial charge is 0.462 e. The Morgan fingerprint density at radius 3 is 2.61 bits per heavy atom. The lowest BCUT2D eigenvalue weighted by molar-refractivity contribution is -0.129. The van der Waals surface area contributed by atoms with E-state index in [1.807, 2.05) is 44.2 Å². The molecule has 0 bridgehead atoms. The van der Waals surface area contributed by atoms with Gasteiger partial charge in [-0.1, -0.05) is 18.2 Å². The Morgan fingerprint density at radius 1 is 1.29 bits per heavy atom. The molecular formula is C20H24N4O4. The summed E-state index contributed by atoms with van der Waals surface area (Å²) in [5, 5.41) is 7.05. The Labute approximate surface area is 163 Å². The average molecular weight is 384 g/mol. The van der Waals surface area contributed by atoms with Crippen LogP contribution in [0.2, 0.25) is 0 Å². The fourth-order valence-electron chi connectivity index (χ4n) is 3.22. The molecule has 0 radical (unpaired) electrons. The van der Waals surface area contributed by atoms with E-state index in [4.69, 9.17) is 4.74 Å². The van der Waals surface area contributed by atoms with Crippen molar-refractivity contribution in [1.82, 2.24) is 14.7 Å². The van der Waals surface area contributed by atoms with Crippen molar-refractivity contribution in [3.63, 3.8) is 0 Å². The number of amides is 2. The van der Waals surface area contributed by atoms with Crippen LogP contribution in [-0.2, 0) is 14.3 Å². The zero-order valence-electron chi connectivity index (χ0n) is 16.2. The fourth-order valence-corrected chi connectivity index (χ4v) is 3.22. The summed E-state index contributed by atoms with van der Waals surface area (Å²) in [6.07, 6.45) is 1.53. The third-order valence-electron chi connectivity index (χ3n) is 4.66. The molecule has 1 N–H and O–H groups in total. The zero-order valence-corrected chi connectivity index (χ0v) is 16.2. The number of carbonyl (C=O) groups excluding carboxylic acids is 3. The number of aromatic nitrogens is 2. The Morgan fingerprint density at radius 2 is 2.00 bits per heavy atom. The van der Waals surface area contributed by atoms with Gasteiger partial charge < -0.3 is 15.0 Å². The summed E-state index contributed by atoms with van der Waals surface area (Å²) in [5.74, 6) is -1.17. The Kier molecular flexibility index (Phi) is 5.77. The van der Waals surface area contributed by atoms with Crippen LogP contribution in [0, 0.1) is 5.92 Å². The monoisotopic (exact) mass is 384 g/mol. The van der Waals surface area contributed by atoms with Crippen molar-refractivity contribution in [3.05, 3.63) is 42.1 Å². The van der Waals surface area contributed by atoms with Gasteiger partial charge in [0.1, 0.15) is 5.56 Å². The molecule has 0 saturated carbocycles. The first-order chi connectivity index (χ1) is 13.4. The van der Waals surface area contributed by atoms with Crippen LogP contribution >= 0.6 is 0 Å². The van der Waals surface area contributed by atoms with Gasteiger partial charge in [-0.15, -0.1) is 0 Å². The van der Waals surface area contributed by atoms with Crippen LogP contribution in [0.4, 0.5) is 5.82 Å². The highest BCUT2D eigenvalue weighted by molar-refractivity contribution is 6.02. The van der Waals surface area contributed by atoms with E-state index in [-0.39, 0.29) is 42.3 Å². The number of esters is 1. The summed E-state index contributed by atoms with van der Waals surface area (Å²) in [6.45, 7) is 6.12. The first kappa shape index (κ1) is 19.6. The topological polar surface area (TPSA) is 93.5 Å². The summed E-state index contributed by atoms with van der Waals surface area (Å²) in [5.41, 5.74) is 0.865. The van der Waals surface area contributed by atoms with Crippen LogP contribution < -0.4 is 5.32 Å². The quantitative estimate of drug-likeness (QED) is 0.771. The molecule has 0 aliphatic carbocycles. The summed E-state index contributed by atoms with van der Waals surface area (Å²) >= 11 is 0. The SMILES string of the molecule is CCOC(=O)c1cnn(-c2ccccc2)c1NC(=O)C1CC(=O)N(C(C)C)C1. The normalized spacial score (nSPS) is 16.5. The Balaban J connectivity index is 1.89. The molecule has 2 heterocycles. The lowest BCUT2D eigenvalue weighted by Crippen LogP contribution is -2.33. The van der Waals surface area contributed by atoms with Crippen molar-refractivity contribution in [2.75, 3.05) is 18.5 Å². The number of benzene rings is 1. The third-order valence-corrected chi connectivity index (χ3v) is 4.66. The van der Waals surface area contributed by atoms with Gasteiger partial charge in [0.25, 0.3) is 0 Å². The maximum Gasteiger partial charge on any atom is 0.343 e. The number of hydrogen-bond donors (Lipinski definition) is 1. The van der Waals surface area contributed by atoms with E-state index < -0.39 is 11.9 Å². The summed E-state index contributed by atoms with van der Waals surface area (Å²) < 4.78 is 6.57. The number of para-hydroxylation sites is 1. The van der Waals surface area contributed by atoms with Crippen molar-refractivity contribution in [2.45, 2.75) is 33.2 Å². The lowest BCUT2D eigenvalue weighted by Gasteiger charge is -2.20. The standard InChI is InChI=1S/C20H24N4O4/c1-4-28-20(27)16-11-21-24(15-8-6-5-7-9-15)18(16)22-19(26)14-10-17(25)23(12-14)13(2)3/h5-9,11,13-14H,4,10,12H2,1-3H3,(H,22,26). The maximum atomic E-state index is 12.9. The van der Waals surface area contributed by atoms with Gasteiger partial charge in [-0.3, -0.25) is 9.59 Å². The average Bonchev–Trinajstić information content (AvgIpc) is 3.26. The van der Waals surface area contributed by atoms with Gasteiger partial charge >= 0.3 is 5.97 Å². The predicted octanol–water partition coefficient (Wildman–Crippen LogP) is 2.24. The number of rotatable bonds is 6. The first-order valence-electron chi connectivity index (χ1n) is 9.33. The summed E-state index contributed by atoms with van der Waals surface area (Å²) in [6, 6.07) is 9.21. The van der Waals surface area contributed by atoms with Gasteiger partial charge in [0, 0.05) is 19.0 Å². The molecule has 148 valence electrons. The van der Waals surface area contributed by atoms with Crippen molar-refractivity contribution >= 4 is 23.6 Å². The number of carbonyl (C=O) groups is 3. The van der Waals surface area contributed by atoms with Gasteiger partial charge in [-0.25, -0.2) is 9.48 Å². The van der Waals surface area contributed by atoms with E-state index in [9.17, 15) is 14.4 Å². The van der Waals surface area contributed by atoms with Gasteiger partial charge in [-0.2, -0.15) is 5.10 Å². The van der Waals surface area contributed by atoms with Gasteiger partial charge in [0.2, 0.25) is 11.8 Å². The molecule has 1 aliphatic heterocycles. The molecule has 8 heteroatoms. The van der Waals surface area contributed by atoms with E-state index in [1.54, 1.807) is 11.8 Å². The number of nitrogens with one attached hydrogen (secondary N) is 1. The molecule has 8 nitrogen and oxygen atoms in total. The van der Waals surface area contributed by atoms with Crippen molar-refractivity contribution in [1.29, 1.82) is 0 Å². The first-order valence-corrected chi connectivity index (χ1v) is 9.33. The number of nitrogens with zero attached hydrogens (tertiary/aromatic N) is 3. The molecule has 3 rings (SSSR count). The van der Waals surface area contributed by atoms with Crippen LogP contribution in [0.15, 0.2) is 36.5 Å². The van der Waals surface area contributed by atoms with E-state index in [0.717, 1.165) is 0 Å². The second-order valence-corrected chi connectivity index (χ2v) is 6.90. The van der Waals surface area contributed by atoms with Crippen molar-refractivity contribution in [3.8, 4) is 5.69 Å². The molecule has 1 unspecified atom stereocenters. The molecular weight excluding hydrogens is 360 g/mol. The molecule has 0 spiro atoms. The maximum absolute atomic E-state index is 12.9. The van der Waals surface area contributed by atoms with Crippen LogP contribution in [-0.4, -0.2) is 51.7 Å². The molecule has 1 atom stereocenters. The molecule has 1 aromatic heterocycles. The fraction of sp³-hybridized carbons (Fsp3) is 0.400. The minimum Gasteiger partial charge on any atom is -0.462 e. The van der Waals surface area contributed by atoms with Gasteiger partial charge in [0.15, 0.2) is 5.82 Å². The summed E-state index contributed by atoms with van der Waals surface area (Å²) in [4.78, 5) is 39.0. The smallest absolute Gasteiger partial charge is 0.343 e. The Hall–Kier alpha value is -3.16. The Bertz CT molecular complexity index is 876. The number of anilines is 1. The minimum atomic E-state index is -0.564. The molecule has 2 amide bonds. The van der Waals surface area contributed by atoms with Gasteiger partial charge in [0.05, 0.1) is 24.4 Å². The zero-order chi connectivity index (χ0) is 20.3. The van der Waals surface area contributed by atoms with Crippen LogP contribution in [0.25, 0.3) is 5.69 Å². The van der Waals surface area contributed by atoms with Crippen LogP contribution in [0.1, 0.15) is 37.6 Å². The lowest BCUT2D eigenvalue weighted by atomic mass is 10.1. The molecule has 1 saturated heterocycles. The number of hydrogen-bond acceptors (Lipinski definition) is 5. The molecule has 2 aromatic rings.